The first-order valence-corrected chi connectivity index (χ1v) is 11.6. The number of amides is 2. The zero-order valence-corrected chi connectivity index (χ0v) is 19.2. The molecule has 8 heteroatoms. The zero-order valence-electron chi connectivity index (χ0n) is 19.2. The van der Waals surface area contributed by atoms with Crippen LogP contribution in [0, 0.1) is 0 Å². The number of hydrogen-bond acceptors (Lipinski definition) is 5. The fourth-order valence-corrected chi connectivity index (χ4v) is 4.85. The highest BCUT2D eigenvalue weighted by Gasteiger charge is 2.40. The fourth-order valence-electron chi connectivity index (χ4n) is 4.85. The second-order valence-corrected chi connectivity index (χ2v) is 9.01. The highest BCUT2D eigenvalue weighted by atomic mass is 16.5. The predicted octanol–water partition coefficient (Wildman–Crippen LogP) is 3.44. The van der Waals surface area contributed by atoms with Crippen LogP contribution in [0.25, 0.3) is 11.1 Å². The van der Waals surface area contributed by atoms with Crippen LogP contribution in [0.4, 0.5) is 4.79 Å². The van der Waals surface area contributed by atoms with E-state index in [0.29, 0.717) is 6.61 Å². The number of fused-ring (bicyclic) bond motifs is 3. The van der Waals surface area contributed by atoms with Crippen LogP contribution < -0.4 is 10.6 Å². The third kappa shape index (κ3) is 5.07. The van der Waals surface area contributed by atoms with E-state index in [1.807, 2.05) is 36.4 Å². The molecule has 2 aromatic carbocycles. The summed E-state index contributed by atoms with van der Waals surface area (Å²) in [5, 5.41) is 14.6. The maximum Gasteiger partial charge on any atom is 0.407 e. The molecule has 0 aliphatic heterocycles. The van der Waals surface area contributed by atoms with E-state index in [0.717, 1.165) is 41.5 Å². The molecule has 2 aliphatic rings. The maximum atomic E-state index is 12.9. The van der Waals surface area contributed by atoms with Crippen LogP contribution >= 0.6 is 0 Å². The van der Waals surface area contributed by atoms with Gasteiger partial charge in [-0.25, -0.2) is 4.79 Å². The minimum absolute atomic E-state index is 0.0333. The monoisotopic (exact) mass is 466 g/mol. The van der Waals surface area contributed by atoms with Gasteiger partial charge >= 0.3 is 12.1 Å². The van der Waals surface area contributed by atoms with Crippen molar-refractivity contribution in [3.05, 3.63) is 59.7 Å². The molecule has 0 aromatic heterocycles. The molecule has 2 amide bonds. The Kier molecular flexibility index (Phi) is 7.17. The summed E-state index contributed by atoms with van der Waals surface area (Å²) < 4.78 is 10.8. The van der Waals surface area contributed by atoms with Gasteiger partial charge in [0, 0.05) is 19.4 Å². The molecular formula is C26H30N2O6. The summed E-state index contributed by atoms with van der Waals surface area (Å²) in [6, 6.07) is 15.0. The van der Waals surface area contributed by atoms with E-state index in [-0.39, 0.29) is 25.4 Å². The van der Waals surface area contributed by atoms with Crippen LogP contribution in [0.2, 0.25) is 0 Å². The molecule has 1 unspecified atom stereocenters. The highest BCUT2D eigenvalue weighted by Crippen LogP contribution is 2.44. The Balaban J connectivity index is 1.41. The Morgan fingerprint density at radius 3 is 2.21 bits per heavy atom. The molecule has 3 N–H and O–H groups in total. The summed E-state index contributed by atoms with van der Waals surface area (Å²) in [5.74, 6) is -1.57. The van der Waals surface area contributed by atoms with Gasteiger partial charge in [-0.15, -0.1) is 0 Å². The van der Waals surface area contributed by atoms with Crippen molar-refractivity contribution < 1.29 is 29.0 Å². The van der Waals surface area contributed by atoms with E-state index in [9.17, 15) is 14.4 Å². The lowest BCUT2D eigenvalue weighted by Crippen LogP contribution is -2.60. The molecule has 0 saturated heterocycles. The molecule has 8 nitrogen and oxygen atoms in total. The van der Waals surface area contributed by atoms with E-state index in [2.05, 4.69) is 22.8 Å². The smallest absolute Gasteiger partial charge is 0.407 e. The van der Waals surface area contributed by atoms with Crippen molar-refractivity contribution in [1.82, 2.24) is 10.6 Å². The van der Waals surface area contributed by atoms with Crippen LogP contribution in [0.3, 0.4) is 0 Å². The number of alkyl carbamates (subject to hydrolysis) is 1. The molecule has 1 atom stereocenters. The van der Waals surface area contributed by atoms with Gasteiger partial charge in [0.1, 0.15) is 12.6 Å². The molecule has 0 heterocycles. The Labute approximate surface area is 198 Å². The number of nitrogens with one attached hydrogen (secondary N) is 2. The third-order valence-corrected chi connectivity index (χ3v) is 6.72. The molecule has 1 fully saturated rings. The van der Waals surface area contributed by atoms with Gasteiger partial charge in [-0.2, -0.15) is 0 Å². The first kappa shape index (κ1) is 23.8. The van der Waals surface area contributed by atoms with Gasteiger partial charge in [0.2, 0.25) is 5.91 Å². The molecule has 0 bridgehead atoms. The molecule has 0 radical (unpaired) electrons. The minimum Gasteiger partial charge on any atom is -0.481 e. The highest BCUT2D eigenvalue weighted by molar-refractivity contribution is 5.87. The number of rotatable bonds is 10. The van der Waals surface area contributed by atoms with Gasteiger partial charge in [0.05, 0.1) is 12.1 Å². The normalized spacial score (nSPS) is 16.5. The van der Waals surface area contributed by atoms with Crippen LogP contribution in [0.1, 0.15) is 49.1 Å². The van der Waals surface area contributed by atoms with Crippen LogP contribution in [-0.2, 0) is 19.1 Å². The first-order valence-electron chi connectivity index (χ1n) is 11.6. The average molecular weight is 467 g/mol. The van der Waals surface area contributed by atoms with Crippen molar-refractivity contribution >= 4 is 18.0 Å². The largest absolute Gasteiger partial charge is 0.481 e. The minimum atomic E-state index is -1.04. The predicted molar refractivity (Wildman–Crippen MR) is 125 cm³/mol. The van der Waals surface area contributed by atoms with Crippen LogP contribution in [-0.4, -0.2) is 55.0 Å². The molecule has 2 aromatic rings. The summed E-state index contributed by atoms with van der Waals surface area (Å²) in [6.07, 6.45) is 1.50. The quantitative estimate of drug-likeness (QED) is 0.494. The average Bonchev–Trinajstić information content (AvgIpc) is 3.12. The van der Waals surface area contributed by atoms with E-state index in [4.69, 9.17) is 14.6 Å². The topological polar surface area (TPSA) is 114 Å². The Bertz CT molecular complexity index is 1020. The molecule has 1 saturated carbocycles. The van der Waals surface area contributed by atoms with Crippen molar-refractivity contribution in [3.63, 3.8) is 0 Å². The van der Waals surface area contributed by atoms with Crippen molar-refractivity contribution in [2.24, 2.45) is 0 Å². The van der Waals surface area contributed by atoms with E-state index in [1.165, 1.54) is 0 Å². The zero-order chi connectivity index (χ0) is 24.1. The van der Waals surface area contributed by atoms with Crippen molar-refractivity contribution in [1.29, 1.82) is 0 Å². The lowest BCUT2D eigenvalue weighted by atomic mass is 9.77. The van der Waals surface area contributed by atoms with Gasteiger partial charge < -0.3 is 25.2 Å². The Hall–Kier alpha value is -3.39. The van der Waals surface area contributed by atoms with Crippen LogP contribution in [0.15, 0.2) is 48.5 Å². The maximum absolute atomic E-state index is 12.9. The lowest BCUT2D eigenvalue weighted by Gasteiger charge is -2.42. The summed E-state index contributed by atoms with van der Waals surface area (Å²) >= 11 is 0. The van der Waals surface area contributed by atoms with Crippen molar-refractivity contribution in [2.75, 3.05) is 20.3 Å². The van der Waals surface area contributed by atoms with Gasteiger partial charge in [0.15, 0.2) is 0 Å². The van der Waals surface area contributed by atoms with E-state index in [1.54, 1.807) is 7.11 Å². The molecule has 4 rings (SSSR count). The molecule has 0 spiro atoms. The summed E-state index contributed by atoms with van der Waals surface area (Å²) in [5.41, 5.74) is 3.95. The number of carboxylic acids is 1. The molecule has 2 aliphatic carbocycles. The summed E-state index contributed by atoms with van der Waals surface area (Å²) in [4.78, 5) is 36.7. The van der Waals surface area contributed by atoms with E-state index < -0.39 is 29.6 Å². The fraction of sp³-hybridized carbons (Fsp3) is 0.423. The van der Waals surface area contributed by atoms with Gasteiger partial charge in [0.25, 0.3) is 0 Å². The van der Waals surface area contributed by atoms with E-state index >= 15 is 0 Å². The van der Waals surface area contributed by atoms with Gasteiger partial charge in [-0.3, -0.25) is 9.59 Å². The second-order valence-electron chi connectivity index (χ2n) is 9.01. The number of ether oxygens (including phenoxy) is 2. The SMILES string of the molecule is COCC1(NC(=O)C(CCC(=O)O)NC(=O)OCC2c3ccccc3-c3ccccc32)CCC1. The third-order valence-electron chi connectivity index (χ3n) is 6.72. The second kappa shape index (κ2) is 10.3. The number of methoxy groups -OCH3 is 1. The van der Waals surface area contributed by atoms with Crippen molar-refractivity contribution in [2.45, 2.75) is 49.6 Å². The number of benzene rings is 2. The first-order chi connectivity index (χ1) is 16.4. The van der Waals surface area contributed by atoms with Crippen LogP contribution in [0.5, 0.6) is 0 Å². The number of carbonyl (C=O) groups is 3. The number of aliphatic carboxylic acids is 1. The molecule has 180 valence electrons. The number of hydrogen-bond donors (Lipinski definition) is 3. The molecular weight excluding hydrogens is 436 g/mol. The number of carboxylic acid groups (broad SMARTS) is 1. The summed E-state index contributed by atoms with van der Waals surface area (Å²) in [7, 11) is 1.57. The summed E-state index contributed by atoms with van der Waals surface area (Å²) in [6.45, 7) is 0.482. The Morgan fingerprint density at radius 1 is 1.06 bits per heavy atom. The van der Waals surface area contributed by atoms with Crippen molar-refractivity contribution in [3.8, 4) is 11.1 Å². The number of carbonyl (C=O) groups excluding carboxylic acids is 2. The Morgan fingerprint density at radius 2 is 1.68 bits per heavy atom. The van der Waals surface area contributed by atoms with Gasteiger partial charge in [-0.1, -0.05) is 48.5 Å². The lowest BCUT2D eigenvalue weighted by molar-refractivity contribution is -0.137. The standard InChI is InChI=1S/C26H30N2O6/c1-33-16-26(13-6-14-26)28-24(31)22(11-12-23(29)30)27-25(32)34-15-21-19-9-4-2-7-17(19)18-8-3-5-10-20(18)21/h2-5,7-10,21-22H,6,11-16H2,1H3,(H,27,32)(H,28,31)(H,29,30). The molecule has 34 heavy (non-hydrogen) atoms. The van der Waals surface area contributed by atoms with Gasteiger partial charge in [-0.05, 0) is 47.9 Å².